The number of nitrogens with one attached hydrogen (secondary N) is 2. The normalized spacial score (nSPS) is 20.1. The van der Waals surface area contributed by atoms with Crippen LogP contribution in [0.4, 0.5) is 4.39 Å². The lowest BCUT2D eigenvalue weighted by atomic mass is 9.94. The largest absolute Gasteiger partial charge is 0.353 e. The molecule has 0 aliphatic carbocycles. The van der Waals surface area contributed by atoms with E-state index in [9.17, 15) is 14.0 Å². The first-order chi connectivity index (χ1) is 14.1. The maximum absolute atomic E-state index is 13.1. The molecular formula is C21H28FN5O2. The van der Waals surface area contributed by atoms with Crippen molar-refractivity contribution in [3.8, 4) is 0 Å². The minimum atomic E-state index is -0.296. The Bertz CT molecular complexity index is 899. The van der Waals surface area contributed by atoms with Gasteiger partial charge in [0.05, 0.1) is 6.54 Å². The van der Waals surface area contributed by atoms with Crippen molar-refractivity contribution in [1.29, 1.82) is 0 Å². The van der Waals surface area contributed by atoms with Crippen molar-refractivity contribution in [2.24, 2.45) is 5.92 Å². The van der Waals surface area contributed by atoms with E-state index in [1.807, 2.05) is 0 Å². The highest BCUT2D eigenvalue weighted by Crippen LogP contribution is 2.17. The van der Waals surface area contributed by atoms with E-state index >= 15 is 0 Å². The average Bonchev–Trinajstić information content (AvgIpc) is 2.87. The van der Waals surface area contributed by atoms with Crippen molar-refractivity contribution in [3.05, 3.63) is 52.0 Å². The highest BCUT2D eigenvalue weighted by Gasteiger charge is 2.23. The molecule has 1 aromatic heterocycles. The molecule has 2 aliphatic rings. The molecular weight excluding hydrogens is 373 g/mol. The second kappa shape index (κ2) is 8.90. The van der Waals surface area contributed by atoms with Crippen LogP contribution >= 0.6 is 0 Å². The van der Waals surface area contributed by atoms with Gasteiger partial charge < -0.3 is 10.6 Å². The van der Waals surface area contributed by atoms with Gasteiger partial charge in [-0.15, -0.1) is 0 Å². The molecule has 1 unspecified atom stereocenters. The number of carbonyl (C=O) groups is 1. The zero-order chi connectivity index (χ0) is 20.2. The Morgan fingerprint density at radius 1 is 1.17 bits per heavy atom. The van der Waals surface area contributed by atoms with Crippen LogP contribution in [0, 0.1) is 11.7 Å². The SMILES string of the molecule is O=C(CC1CCNCC1)NC1CCc2nn(Cc3ccc(F)cc3)c(=O)n2CC1. The number of amides is 1. The molecule has 3 heterocycles. The van der Waals surface area contributed by atoms with Gasteiger partial charge in [-0.1, -0.05) is 12.1 Å². The molecule has 8 heteroatoms. The predicted molar refractivity (Wildman–Crippen MR) is 107 cm³/mol. The summed E-state index contributed by atoms with van der Waals surface area (Å²) in [6, 6.07) is 6.19. The lowest BCUT2D eigenvalue weighted by Gasteiger charge is -2.23. The van der Waals surface area contributed by atoms with E-state index < -0.39 is 0 Å². The number of halogens is 1. The van der Waals surface area contributed by atoms with Gasteiger partial charge in [-0.25, -0.2) is 13.9 Å². The molecule has 1 amide bonds. The van der Waals surface area contributed by atoms with Crippen LogP contribution in [-0.4, -0.2) is 39.4 Å². The molecule has 2 N–H and O–H groups in total. The van der Waals surface area contributed by atoms with Crippen molar-refractivity contribution >= 4 is 5.91 Å². The number of nitrogens with zero attached hydrogens (tertiary/aromatic N) is 3. The molecule has 4 rings (SSSR count). The Hall–Kier alpha value is -2.48. The van der Waals surface area contributed by atoms with Crippen LogP contribution in [0.25, 0.3) is 0 Å². The number of carbonyl (C=O) groups excluding carboxylic acids is 1. The van der Waals surface area contributed by atoms with Crippen molar-refractivity contribution in [1.82, 2.24) is 25.0 Å². The van der Waals surface area contributed by atoms with Crippen molar-refractivity contribution in [2.75, 3.05) is 13.1 Å². The molecule has 1 aromatic carbocycles. The Morgan fingerprint density at radius 3 is 2.69 bits per heavy atom. The minimum absolute atomic E-state index is 0.0795. The van der Waals surface area contributed by atoms with E-state index in [2.05, 4.69) is 15.7 Å². The molecule has 2 aromatic rings. The van der Waals surface area contributed by atoms with Gasteiger partial charge in [0.1, 0.15) is 11.6 Å². The predicted octanol–water partition coefficient (Wildman–Crippen LogP) is 1.44. The summed E-state index contributed by atoms with van der Waals surface area (Å²) in [7, 11) is 0. The lowest BCUT2D eigenvalue weighted by Crippen LogP contribution is -2.38. The lowest BCUT2D eigenvalue weighted by molar-refractivity contribution is -0.123. The summed E-state index contributed by atoms with van der Waals surface area (Å²) in [6.07, 6.45) is 4.87. The Balaban J connectivity index is 1.34. The van der Waals surface area contributed by atoms with Crippen LogP contribution < -0.4 is 16.3 Å². The Kier molecular flexibility index (Phi) is 6.08. The fourth-order valence-electron chi connectivity index (χ4n) is 4.27. The summed E-state index contributed by atoms with van der Waals surface area (Å²) >= 11 is 0. The highest BCUT2D eigenvalue weighted by atomic mass is 19.1. The number of aromatic nitrogens is 3. The first kappa shape index (κ1) is 19.8. The second-order valence-corrected chi connectivity index (χ2v) is 8.12. The van der Waals surface area contributed by atoms with Crippen LogP contribution in [0.1, 0.15) is 43.5 Å². The molecule has 0 spiro atoms. The number of rotatable bonds is 5. The monoisotopic (exact) mass is 401 g/mol. The Morgan fingerprint density at radius 2 is 1.93 bits per heavy atom. The van der Waals surface area contributed by atoms with E-state index in [0.717, 1.165) is 50.2 Å². The van der Waals surface area contributed by atoms with E-state index in [-0.39, 0.29) is 23.5 Å². The minimum Gasteiger partial charge on any atom is -0.353 e. The van der Waals surface area contributed by atoms with Crippen LogP contribution in [0.15, 0.2) is 29.1 Å². The summed E-state index contributed by atoms with van der Waals surface area (Å²) in [5.41, 5.74) is 0.691. The molecule has 0 bridgehead atoms. The smallest absolute Gasteiger partial charge is 0.346 e. The summed E-state index contributed by atoms with van der Waals surface area (Å²) in [6.45, 7) is 2.87. The van der Waals surface area contributed by atoms with Gasteiger partial charge in [0, 0.05) is 25.4 Å². The molecule has 7 nitrogen and oxygen atoms in total. The maximum atomic E-state index is 13.1. The second-order valence-electron chi connectivity index (χ2n) is 8.12. The fraction of sp³-hybridized carbons (Fsp3) is 0.571. The number of hydrogen-bond acceptors (Lipinski definition) is 4. The first-order valence-corrected chi connectivity index (χ1v) is 10.5. The zero-order valence-corrected chi connectivity index (χ0v) is 16.6. The van der Waals surface area contributed by atoms with E-state index in [4.69, 9.17) is 0 Å². The summed E-state index contributed by atoms with van der Waals surface area (Å²) in [5, 5.41) is 11.0. The number of benzene rings is 1. The number of piperidine rings is 1. The van der Waals surface area contributed by atoms with Gasteiger partial charge in [-0.3, -0.25) is 9.36 Å². The number of fused-ring (bicyclic) bond motifs is 1. The molecule has 0 radical (unpaired) electrons. The van der Waals surface area contributed by atoms with E-state index in [1.54, 1.807) is 16.7 Å². The quantitative estimate of drug-likeness (QED) is 0.795. The molecule has 1 atom stereocenters. The van der Waals surface area contributed by atoms with Crippen LogP contribution in [-0.2, 0) is 24.3 Å². The van der Waals surface area contributed by atoms with Crippen LogP contribution in [0.5, 0.6) is 0 Å². The fourth-order valence-corrected chi connectivity index (χ4v) is 4.27. The topological polar surface area (TPSA) is 81.0 Å². The van der Waals surface area contributed by atoms with Gasteiger partial charge in [0.15, 0.2) is 0 Å². The summed E-state index contributed by atoms with van der Waals surface area (Å²) in [5.74, 6) is 1.05. The van der Waals surface area contributed by atoms with Gasteiger partial charge in [-0.05, 0) is 62.4 Å². The summed E-state index contributed by atoms with van der Waals surface area (Å²) in [4.78, 5) is 25.1. The zero-order valence-electron chi connectivity index (χ0n) is 16.6. The van der Waals surface area contributed by atoms with Gasteiger partial charge in [0.2, 0.25) is 5.91 Å². The molecule has 156 valence electrons. The first-order valence-electron chi connectivity index (χ1n) is 10.5. The third-order valence-corrected chi connectivity index (χ3v) is 5.96. The van der Waals surface area contributed by atoms with E-state index in [0.29, 0.717) is 31.8 Å². The average molecular weight is 401 g/mol. The highest BCUT2D eigenvalue weighted by molar-refractivity contribution is 5.76. The third-order valence-electron chi connectivity index (χ3n) is 5.96. The van der Waals surface area contributed by atoms with Crippen LogP contribution in [0.2, 0.25) is 0 Å². The molecule has 29 heavy (non-hydrogen) atoms. The van der Waals surface area contributed by atoms with Gasteiger partial charge in [-0.2, -0.15) is 5.10 Å². The van der Waals surface area contributed by atoms with Crippen molar-refractivity contribution in [3.63, 3.8) is 0 Å². The van der Waals surface area contributed by atoms with Gasteiger partial charge >= 0.3 is 5.69 Å². The molecule has 1 saturated heterocycles. The standard InChI is InChI=1S/C21H28FN5O2/c22-17-3-1-16(2-4-17)14-27-21(29)26-12-9-18(5-6-19(26)25-27)24-20(28)13-15-7-10-23-11-8-15/h1-4,15,18,23H,5-14H2,(H,24,28). The molecule has 2 aliphatic heterocycles. The molecule has 0 saturated carbocycles. The van der Waals surface area contributed by atoms with Crippen molar-refractivity contribution in [2.45, 2.75) is 57.7 Å². The van der Waals surface area contributed by atoms with Gasteiger partial charge in [0.25, 0.3) is 0 Å². The maximum Gasteiger partial charge on any atom is 0.346 e. The van der Waals surface area contributed by atoms with E-state index in [1.165, 1.54) is 16.8 Å². The summed E-state index contributed by atoms with van der Waals surface area (Å²) < 4.78 is 16.2. The Labute approximate surface area is 169 Å². The van der Waals surface area contributed by atoms with Crippen LogP contribution in [0.3, 0.4) is 0 Å². The molecule has 1 fully saturated rings. The third kappa shape index (κ3) is 4.93. The van der Waals surface area contributed by atoms with Crippen molar-refractivity contribution < 1.29 is 9.18 Å². The number of aryl methyl sites for hydroxylation is 1. The number of hydrogen-bond donors (Lipinski definition) is 2.